The first-order valence-corrected chi connectivity index (χ1v) is 6.28. The van der Waals surface area contributed by atoms with Crippen LogP contribution >= 0.6 is 11.6 Å². The van der Waals surface area contributed by atoms with Gasteiger partial charge in [0.05, 0.1) is 0 Å². The van der Waals surface area contributed by atoms with E-state index in [2.05, 4.69) is 0 Å². The minimum Gasteiger partial charge on any atom is -0.472 e. The predicted octanol–water partition coefficient (Wildman–Crippen LogP) is 3.10. The molecular weight excluding hydrogens is 262 g/mol. The Morgan fingerprint density at radius 2 is 1.95 bits per heavy atom. The fourth-order valence-electron chi connectivity index (χ4n) is 2.39. The van der Waals surface area contributed by atoms with Crippen LogP contribution in [0.2, 0.25) is 5.02 Å². The molecule has 1 aliphatic heterocycles. The third-order valence-electron chi connectivity index (χ3n) is 3.46. The van der Waals surface area contributed by atoms with Crippen molar-refractivity contribution in [1.82, 2.24) is 0 Å². The number of primary amides is 1. The van der Waals surface area contributed by atoms with Crippen LogP contribution in [0, 0.1) is 0 Å². The third kappa shape index (κ3) is 1.70. The molecule has 19 heavy (non-hydrogen) atoms. The molecule has 1 atom stereocenters. The number of nitrogens with two attached hydrogens (primary N) is 1. The molecule has 1 amide bonds. The van der Waals surface area contributed by atoms with Gasteiger partial charge in [-0.3, -0.25) is 4.79 Å². The summed E-state index contributed by atoms with van der Waals surface area (Å²) < 4.78 is 5.83. The summed E-state index contributed by atoms with van der Waals surface area (Å²) in [6, 6.07) is 12.9. The monoisotopic (exact) mass is 273 g/mol. The van der Waals surface area contributed by atoms with Crippen molar-refractivity contribution in [3.63, 3.8) is 0 Å². The van der Waals surface area contributed by atoms with E-state index in [-0.39, 0.29) is 0 Å². The van der Waals surface area contributed by atoms with E-state index in [1.165, 1.54) is 0 Å². The average molecular weight is 274 g/mol. The summed E-state index contributed by atoms with van der Waals surface area (Å²) in [7, 11) is 0. The topological polar surface area (TPSA) is 52.3 Å². The van der Waals surface area contributed by atoms with Gasteiger partial charge in [0.25, 0.3) is 5.91 Å². The highest BCUT2D eigenvalue weighted by Crippen LogP contribution is 2.45. The van der Waals surface area contributed by atoms with E-state index in [0.29, 0.717) is 10.8 Å². The number of hydrogen-bond donors (Lipinski definition) is 1. The third-order valence-corrected chi connectivity index (χ3v) is 3.69. The van der Waals surface area contributed by atoms with Crippen LogP contribution in [-0.2, 0) is 10.4 Å². The van der Waals surface area contributed by atoms with Crippen molar-refractivity contribution in [3.05, 3.63) is 53.1 Å². The molecule has 3 nitrogen and oxygen atoms in total. The molecule has 0 aromatic heterocycles. The number of carbonyl (C=O) groups is 1. The van der Waals surface area contributed by atoms with Gasteiger partial charge < -0.3 is 10.5 Å². The van der Waals surface area contributed by atoms with E-state index in [0.717, 1.165) is 16.7 Å². The molecule has 0 saturated heterocycles. The Balaban J connectivity index is 2.33. The molecule has 0 radical (unpaired) electrons. The summed E-state index contributed by atoms with van der Waals surface area (Å²) in [5, 5.41) is 0.625. The molecule has 0 aliphatic carbocycles. The Morgan fingerprint density at radius 1 is 1.21 bits per heavy atom. The van der Waals surface area contributed by atoms with Gasteiger partial charge >= 0.3 is 0 Å². The Hall–Kier alpha value is -2.00. The molecule has 0 fully saturated rings. The number of fused-ring (bicyclic) bond motifs is 3. The molecule has 2 aromatic rings. The molecule has 0 bridgehead atoms. The molecule has 0 spiro atoms. The summed E-state index contributed by atoms with van der Waals surface area (Å²) in [6.07, 6.45) is 0. The molecular formula is C15H12ClNO2. The number of carbonyl (C=O) groups excluding carboxylic acids is 1. The second kappa shape index (κ2) is 4.00. The standard InChI is InChI=1S/C15H12ClNO2/c1-15(14(17)18)12-5-3-2-4-10(12)11-8-9(16)6-7-13(11)19-15/h2-8H,1H3,(H2,17,18). The maximum absolute atomic E-state index is 11.8. The van der Waals surface area contributed by atoms with Crippen molar-refractivity contribution < 1.29 is 9.53 Å². The average Bonchev–Trinajstić information content (AvgIpc) is 2.40. The SMILES string of the molecule is CC1(C(N)=O)Oc2ccc(Cl)cc2-c2ccccc21. The normalized spacial score (nSPS) is 20.1. The van der Waals surface area contributed by atoms with Gasteiger partial charge in [0.2, 0.25) is 5.60 Å². The van der Waals surface area contributed by atoms with Crippen LogP contribution in [0.15, 0.2) is 42.5 Å². The van der Waals surface area contributed by atoms with Crippen LogP contribution in [0.4, 0.5) is 0 Å². The minimum atomic E-state index is -1.16. The van der Waals surface area contributed by atoms with Crippen LogP contribution in [0.25, 0.3) is 11.1 Å². The van der Waals surface area contributed by atoms with Gasteiger partial charge in [-0.1, -0.05) is 35.9 Å². The van der Waals surface area contributed by atoms with Crippen molar-refractivity contribution in [2.45, 2.75) is 12.5 Å². The second-order valence-corrected chi connectivity index (χ2v) is 5.12. The van der Waals surface area contributed by atoms with Crippen LogP contribution in [0.5, 0.6) is 5.75 Å². The van der Waals surface area contributed by atoms with Crippen LogP contribution < -0.4 is 10.5 Å². The smallest absolute Gasteiger partial charge is 0.266 e. The Kier molecular flexibility index (Phi) is 2.54. The first kappa shape index (κ1) is 12.1. The molecule has 1 heterocycles. The summed E-state index contributed by atoms with van der Waals surface area (Å²) in [6.45, 7) is 1.69. The number of halogens is 1. The number of benzene rings is 2. The van der Waals surface area contributed by atoms with E-state index >= 15 is 0 Å². The van der Waals surface area contributed by atoms with E-state index in [1.807, 2.05) is 30.3 Å². The molecule has 96 valence electrons. The van der Waals surface area contributed by atoms with Gasteiger partial charge in [-0.15, -0.1) is 0 Å². The molecule has 1 aliphatic rings. The lowest BCUT2D eigenvalue weighted by molar-refractivity contribution is -0.133. The number of ether oxygens (including phenoxy) is 1. The summed E-state index contributed by atoms with van der Waals surface area (Å²) in [4.78, 5) is 11.8. The lowest BCUT2D eigenvalue weighted by Gasteiger charge is -2.35. The number of hydrogen-bond acceptors (Lipinski definition) is 2. The zero-order chi connectivity index (χ0) is 13.6. The van der Waals surface area contributed by atoms with Crippen molar-refractivity contribution in [1.29, 1.82) is 0 Å². The van der Waals surface area contributed by atoms with Crippen LogP contribution in [0.1, 0.15) is 12.5 Å². The number of amides is 1. The van der Waals surface area contributed by atoms with Crippen molar-refractivity contribution >= 4 is 17.5 Å². The summed E-state index contributed by atoms with van der Waals surface area (Å²) >= 11 is 6.03. The van der Waals surface area contributed by atoms with E-state index in [9.17, 15) is 4.79 Å². The fraction of sp³-hybridized carbons (Fsp3) is 0.133. The Morgan fingerprint density at radius 3 is 2.68 bits per heavy atom. The van der Waals surface area contributed by atoms with E-state index in [4.69, 9.17) is 22.1 Å². The maximum Gasteiger partial charge on any atom is 0.266 e. The van der Waals surface area contributed by atoms with Crippen molar-refractivity contribution in [2.24, 2.45) is 5.73 Å². The van der Waals surface area contributed by atoms with E-state index in [1.54, 1.807) is 19.1 Å². The van der Waals surface area contributed by atoms with Crippen molar-refractivity contribution in [2.75, 3.05) is 0 Å². The predicted molar refractivity (Wildman–Crippen MR) is 74.1 cm³/mol. The first-order valence-electron chi connectivity index (χ1n) is 5.91. The zero-order valence-corrected chi connectivity index (χ0v) is 11.1. The van der Waals surface area contributed by atoms with Crippen LogP contribution in [0.3, 0.4) is 0 Å². The fourth-order valence-corrected chi connectivity index (χ4v) is 2.57. The largest absolute Gasteiger partial charge is 0.472 e. The highest BCUT2D eigenvalue weighted by molar-refractivity contribution is 6.31. The van der Waals surface area contributed by atoms with Gasteiger partial charge in [0.15, 0.2) is 0 Å². The quantitative estimate of drug-likeness (QED) is 0.868. The Labute approximate surface area is 115 Å². The second-order valence-electron chi connectivity index (χ2n) is 4.69. The van der Waals surface area contributed by atoms with Crippen molar-refractivity contribution in [3.8, 4) is 16.9 Å². The highest BCUT2D eigenvalue weighted by Gasteiger charge is 2.41. The lowest BCUT2D eigenvalue weighted by atomic mass is 9.84. The summed E-state index contributed by atoms with van der Waals surface area (Å²) in [5.74, 6) is 0.102. The molecule has 0 saturated carbocycles. The molecule has 4 heteroatoms. The molecule has 1 unspecified atom stereocenters. The van der Waals surface area contributed by atoms with Gasteiger partial charge in [-0.2, -0.15) is 0 Å². The van der Waals surface area contributed by atoms with Gasteiger partial charge in [-0.25, -0.2) is 0 Å². The van der Waals surface area contributed by atoms with Gasteiger partial charge in [-0.05, 0) is 30.7 Å². The minimum absolute atomic E-state index is 0.513. The van der Waals surface area contributed by atoms with E-state index < -0.39 is 11.5 Å². The lowest BCUT2D eigenvalue weighted by Crippen LogP contribution is -2.45. The van der Waals surface area contributed by atoms with Gasteiger partial charge in [0.1, 0.15) is 5.75 Å². The molecule has 2 aromatic carbocycles. The molecule has 3 rings (SSSR count). The molecule has 2 N–H and O–H groups in total. The van der Waals surface area contributed by atoms with Gasteiger partial charge in [0, 0.05) is 16.1 Å². The number of rotatable bonds is 1. The van der Waals surface area contributed by atoms with Crippen LogP contribution in [-0.4, -0.2) is 5.91 Å². The first-order chi connectivity index (χ1) is 9.02. The Bertz CT molecular complexity index is 684. The highest BCUT2D eigenvalue weighted by atomic mass is 35.5. The summed E-state index contributed by atoms with van der Waals surface area (Å²) in [5.41, 5.74) is 6.92. The zero-order valence-electron chi connectivity index (χ0n) is 10.3. The maximum atomic E-state index is 11.8.